The third-order valence-corrected chi connectivity index (χ3v) is 5.14. The van der Waals surface area contributed by atoms with E-state index in [4.69, 9.17) is 0 Å². The summed E-state index contributed by atoms with van der Waals surface area (Å²) in [4.78, 5) is 16.4. The first kappa shape index (κ1) is 18.5. The van der Waals surface area contributed by atoms with Gasteiger partial charge in [-0.15, -0.1) is 0 Å². The number of halogens is 3. The van der Waals surface area contributed by atoms with Crippen molar-refractivity contribution < 1.29 is 18.0 Å². The molecule has 4 rings (SSSR count). The molecule has 1 saturated carbocycles. The minimum atomic E-state index is -2.82. The van der Waals surface area contributed by atoms with Crippen LogP contribution in [-0.2, 0) is 0 Å². The van der Waals surface area contributed by atoms with Crippen molar-refractivity contribution in [2.45, 2.75) is 45.1 Å². The fourth-order valence-electron chi connectivity index (χ4n) is 3.56. The molecule has 28 heavy (non-hydrogen) atoms. The SMILES string of the molecule is C[C@H]1CC[C@H](n2cc(NC(=O)c3cnn4cc(F)cnc34)c(C(F)F)n2)CC1. The van der Waals surface area contributed by atoms with E-state index in [-0.39, 0.29) is 22.9 Å². The molecule has 1 fully saturated rings. The molecule has 0 atom stereocenters. The van der Waals surface area contributed by atoms with Crippen molar-refractivity contribution in [2.75, 3.05) is 5.32 Å². The number of hydrogen-bond acceptors (Lipinski definition) is 4. The second kappa shape index (κ2) is 7.25. The van der Waals surface area contributed by atoms with Crippen LogP contribution in [0.25, 0.3) is 5.65 Å². The Morgan fingerprint density at radius 1 is 1.21 bits per heavy atom. The van der Waals surface area contributed by atoms with Gasteiger partial charge in [-0.2, -0.15) is 10.2 Å². The van der Waals surface area contributed by atoms with E-state index in [0.717, 1.165) is 42.6 Å². The van der Waals surface area contributed by atoms with Gasteiger partial charge < -0.3 is 5.32 Å². The van der Waals surface area contributed by atoms with Gasteiger partial charge in [0.2, 0.25) is 0 Å². The van der Waals surface area contributed by atoms with Crippen LogP contribution in [0.1, 0.15) is 61.1 Å². The molecule has 10 heteroatoms. The van der Waals surface area contributed by atoms with Crippen molar-refractivity contribution in [1.82, 2.24) is 24.4 Å². The van der Waals surface area contributed by atoms with E-state index in [0.29, 0.717) is 5.92 Å². The molecule has 3 aromatic rings. The highest BCUT2D eigenvalue weighted by molar-refractivity contribution is 6.08. The number of anilines is 1. The van der Waals surface area contributed by atoms with Crippen LogP contribution in [0.5, 0.6) is 0 Å². The zero-order valence-corrected chi connectivity index (χ0v) is 15.1. The largest absolute Gasteiger partial charge is 0.319 e. The van der Waals surface area contributed by atoms with Crippen LogP contribution in [0.3, 0.4) is 0 Å². The van der Waals surface area contributed by atoms with Crippen LogP contribution in [-0.4, -0.2) is 30.3 Å². The number of amides is 1. The van der Waals surface area contributed by atoms with Gasteiger partial charge in [0.05, 0.1) is 30.3 Å². The molecule has 1 aliphatic rings. The highest BCUT2D eigenvalue weighted by Gasteiger charge is 2.26. The molecule has 0 aromatic carbocycles. The summed E-state index contributed by atoms with van der Waals surface area (Å²) in [6, 6.07) is 0.0426. The number of rotatable bonds is 4. The standard InChI is InChI=1S/C18H19F3N6O/c1-10-2-4-12(5-3-10)26-9-14(15(25-26)16(20)21)24-18(28)13-7-23-27-8-11(19)6-22-17(13)27/h6-10,12,16H,2-5H2,1H3,(H,24,28)/t10-,12-. The number of carbonyl (C=O) groups excluding carboxylic acids is 1. The van der Waals surface area contributed by atoms with Gasteiger partial charge in [0.25, 0.3) is 12.3 Å². The maximum Gasteiger partial charge on any atom is 0.284 e. The Kier molecular flexibility index (Phi) is 4.78. The van der Waals surface area contributed by atoms with E-state index in [1.165, 1.54) is 17.1 Å². The molecule has 1 aliphatic carbocycles. The van der Waals surface area contributed by atoms with Crippen molar-refractivity contribution >= 4 is 17.2 Å². The van der Waals surface area contributed by atoms with Crippen molar-refractivity contribution in [1.29, 1.82) is 0 Å². The minimum absolute atomic E-state index is 0.0416. The zero-order chi connectivity index (χ0) is 19.8. The summed E-state index contributed by atoms with van der Waals surface area (Å²) in [5.74, 6) is -0.646. The normalized spacial score (nSPS) is 20.0. The highest BCUT2D eigenvalue weighted by Crippen LogP contribution is 2.34. The molecule has 0 unspecified atom stereocenters. The average molecular weight is 392 g/mol. The molecule has 0 bridgehead atoms. The van der Waals surface area contributed by atoms with E-state index in [1.807, 2.05) is 0 Å². The van der Waals surface area contributed by atoms with E-state index in [2.05, 4.69) is 27.4 Å². The summed E-state index contributed by atoms with van der Waals surface area (Å²) in [6.07, 6.45) is 5.64. The molecule has 3 aromatic heterocycles. The lowest BCUT2D eigenvalue weighted by Gasteiger charge is -2.26. The van der Waals surface area contributed by atoms with Gasteiger partial charge in [-0.3, -0.25) is 9.48 Å². The molecule has 1 amide bonds. The Morgan fingerprint density at radius 3 is 2.68 bits per heavy atom. The third-order valence-electron chi connectivity index (χ3n) is 5.14. The third kappa shape index (κ3) is 3.46. The minimum Gasteiger partial charge on any atom is -0.319 e. The number of carbonyl (C=O) groups is 1. The van der Waals surface area contributed by atoms with E-state index in [9.17, 15) is 18.0 Å². The summed E-state index contributed by atoms with van der Waals surface area (Å²) in [5.41, 5.74) is -0.326. The smallest absolute Gasteiger partial charge is 0.284 e. The van der Waals surface area contributed by atoms with E-state index in [1.54, 1.807) is 0 Å². The van der Waals surface area contributed by atoms with Crippen LogP contribution < -0.4 is 5.32 Å². The fraction of sp³-hybridized carbons (Fsp3) is 0.444. The molecule has 7 nitrogen and oxygen atoms in total. The van der Waals surface area contributed by atoms with Gasteiger partial charge in [-0.25, -0.2) is 22.7 Å². The number of fused-ring (bicyclic) bond motifs is 1. The maximum absolute atomic E-state index is 13.5. The predicted molar refractivity (Wildman–Crippen MR) is 94.8 cm³/mol. The summed E-state index contributed by atoms with van der Waals surface area (Å²) in [5, 5.41) is 10.4. The van der Waals surface area contributed by atoms with Crippen molar-refractivity contribution in [3.8, 4) is 0 Å². The first-order valence-electron chi connectivity index (χ1n) is 9.10. The van der Waals surface area contributed by atoms with Gasteiger partial charge in [0, 0.05) is 6.20 Å². The lowest BCUT2D eigenvalue weighted by molar-refractivity contribution is 0.102. The predicted octanol–water partition coefficient (Wildman–Crippen LogP) is 4.01. The summed E-state index contributed by atoms with van der Waals surface area (Å²) < 4.78 is 42.8. The van der Waals surface area contributed by atoms with Crippen molar-refractivity contribution in [2.24, 2.45) is 5.92 Å². The Balaban J connectivity index is 1.60. The molecule has 0 saturated heterocycles. The number of hydrogen-bond donors (Lipinski definition) is 1. The van der Waals surface area contributed by atoms with Gasteiger partial charge in [-0.1, -0.05) is 6.92 Å². The Hall–Kier alpha value is -2.91. The molecule has 3 heterocycles. The first-order valence-corrected chi connectivity index (χ1v) is 9.10. The van der Waals surface area contributed by atoms with Crippen LogP contribution in [0.4, 0.5) is 18.9 Å². The number of alkyl halides is 2. The van der Waals surface area contributed by atoms with Crippen LogP contribution in [0.15, 0.2) is 24.8 Å². The van der Waals surface area contributed by atoms with Gasteiger partial charge in [0.15, 0.2) is 17.2 Å². The Bertz CT molecular complexity index is 1010. The summed E-state index contributed by atoms with van der Waals surface area (Å²) in [6.45, 7) is 2.17. The number of nitrogens with one attached hydrogen (secondary N) is 1. The number of nitrogens with zero attached hydrogens (tertiary/aromatic N) is 5. The molecular formula is C18H19F3N6O. The summed E-state index contributed by atoms with van der Waals surface area (Å²) in [7, 11) is 0. The zero-order valence-electron chi connectivity index (χ0n) is 15.1. The average Bonchev–Trinajstić information content (AvgIpc) is 3.26. The quantitative estimate of drug-likeness (QED) is 0.728. The lowest BCUT2D eigenvalue weighted by atomic mass is 9.87. The lowest BCUT2D eigenvalue weighted by Crippen LogP contribution is -2.17. The highest BCUT2D eigenvalue weighted by atomic mass is 19.3. The molecule has 148 valence electrons. The molecule has 1 N–H and O–H groups in total. The monoisotopic (exact) mass is 392 g/mol. The van der Waals surface area contributed by atoms with E-state index < -0.39 is 23.8 Å². The molecule has 0 aliphatic heterocycles. The molecule has 0 spiro atoms. The second-order valence-electron chi connectivity index (χ2n) is 7.18. The van der Waals surface area contributed by atoms with Crippen LogP contribution >= 0.6 is 0 Å². The van der Waals surface area contributed by atoms with Crippen LogP contribution in [0, 0.1) is 11.7 Å². The van der Waals surface area contributed by atoms with Crippen molar-refractivity contribution in [3.63, 3.8) is 0 Å². The van der Waals surface area contributed by atoms with Crippen molar-refractivity contribution in [3.05, 3.63) is 41.9 Å². The fourth-order valence-corrected chi connectivity index (χ4v) is 3.56. The number of aromatic nitrogens is 5. The maximum atomic E-state index is 13.5. The topological polar surface area (TPSA) is 77.1 Å². The van der Waals surface area contributed by atoms with Gasteiger partial charge >= 0.3 is 0 Å². The van der Waals surface area contributed by atoms with Gasteiger partial charge in [-0.05, 0) is 31.6 Å². The first-order chi connectivity index (χ1) is 13.4. The molecule has 0 radical (unpaired) electrons. The molecular weight excluding hydrogens is 373 g/mol. The second-order valence-corrected chi connectivity index (χ2v) is 7.18. The van der Waals surface area contributed by atoms with E-state index >= 15 is 0 Å². The summed E-state index contributed by atoms with van der Waals surface area (Å²) >= 11 is 0. The van der Waals surface area contributed by atoms with Gasteiger partial charge in [0.1, 0.15) is 5.56 Å². The Morgan fingerprint density at radius 2 is 1.96 bits per heavy atom. The van der Waals surface area contributed by atoms with Crippen LogP contribution in [0.2, 0.25) is 0 Å². The Labute approximate surface area is 158 Å².